The lowest BCUT2D eigenvalue weighted by atomic mass is 10.0. The molecule has 0 bridgehead atoms. The van der Waals surface area contributed by atoms with Crippen LogP contribution in [0.4, 0.5) is 10.1 Å². The van der Waals surface area contributed by atoms with Crippen LogP contribution >= 0.6 is 24.0 Å². The minimum atomic E-state index is -0.262. The first-order valence-electron chi connectivity index (χ1n) is 8.29. The second-order valence-electron chi connectivity index (χ2n) is 6.25. The molecule has 1 unspecified atom stereocenters. The first kappa shape index (κ1) is 20.6. The number of aryl methyl sites for hydroxylation is 1. The van der Waals surface area contributed by atoms with E-state index in [2.05, 4.69) is 15.5 Å². The van der Waals surface area contributed by atoms with E-state index in [1.54, 1.807) is 18.2 Å². The summed E-state index contributed by atoms with van der Waals surface area (Å²) >= 11 is 6.00. The Hall–Kier alpha value is -1.66. The molecule has 26 heavy (non-hydrogen) atoms. The average molecular weight is 398 g/mol. The first-order chi connectivity index (χ1) is 12.0. The van der Waals surface area contributed by atoms with Crippen molar-refractivity contribution < 1.29 is 9.18 Å². The fourth-order valence-corrected chi connectivity index (χ4v) is 3.25. The van der Waals surface area contributed by atoms with Crippen molar-refractivity contribution in [1.82, 2.24) is 10.2 Å². The molecule has 0 spiro atoms. The molecule has 0 radical (unpaired) electrons. The van der Waals surface area contributed by atoms with E-state index >= 15 is 0 Å². The van der Waals surface area contributed by atoms with E-state index in [1.165, 1.54) is 12.1 Å². The van der Waals surface area contributed by atoms with E-state index in [0.717, 1.165) is 29.9 Å². The average Bonchev–Trinajstić information content (AvgIpc) is 2.58. The Labute approximate surface area is 164 Å². The van der Waals surface area contributed by atoms with Crippen molar-refractivity contribution in [3.63, 3.8) is 0 Å². The molecule has 7 heteroatoms. The molecular weight excluding hydrogens is 376 g/mol. The topological polar surface area (TPSA) is 44.4 Å². The van der Waals surface area contributed by atoms with Crippen LogP contribution in [-0.2, 0) is 4.79 Å². The third-order valence-corrected chi connectivity index (χ3v) is 4.64. The van der Waals surface area contributed by atoms with Crippen molar-refractivity contribution in [2.24, 2.45) is 0 Å². The Morgan fingerprint density at radius 3 is 2.92 bits per heavy atom. The highest BCUT2D eigenvalue weighted by molar-refractivity contribution is 6.31. The molecule has 1 saturated heterocycles. The summed E-state index contributed by atoms with van der Waals surface area (Å²) in [7, 11) is 0. The molecule has 1 fully saturated rings. The number of rotatable bonds is 4. The maximum Gasteiger partial charge on any atom is 0.238 e. The van der Waals surface area contributed by atoms with Crippen molar-refractivity contribution in [3.05, 3.63) is 64.4 Å². The van der Waals surface area contributed by atoms with Gasteiger partial charge in [0.1, 0.15) is 5.82 Å². The Kier molecular flexibility index (Phi) is 7.41. The Morgan fingerprint density at radius 1 is 1.35 bits per heavy atom. The molecule has 2 aromatic rings. The number of carbonyl (C=O) groups excluding carboxylic acids is 1. The second kappa shape index (κ2) is 9.33. The van der Waals surface area contributed by atoms with Crippen LogP contribution in [0.15, 0.2) is 42.5 Å². The molecule has 2 N–H and O–H groups in total. The van der Waals surface area contributed by atoms with Crippen LogP contribution < -0.4 is 10.6 Å². The molecule has 1 amide bonds. The number of amides is 1. The number of benzene rings is 2. The summed E-state index contributed by atoms with van der Waals surface area (Å²) < 4.78 is 13.6. The molecule has 4 nitrogen and oxygen atoms in total. The Balaban J connectivity index is 0.00000243. The third-order valence-electron chi connectivity index (χ3n) is 4.41. The van der Waals surface area contributed by atoms with Crippen LogP contribution in [0.2, 0.25) is 5.02 Å². The number of hydrogen-bond acceptors (Lipinski definition) is 3. The third kappa shape index (κ3) is 5.17. The number of piperazine rings is 1. The molecule has 1 heterocycles. The van der Waals surface area contributed by atoms with Gasteiger partial charge in [-0.05, 0) is 42.3 Å². The molecule has 1 atom stereocenters. The van der Waals surface area contributed by atoms with Crippen LogP contribution in [0.5, 0.6) is 0 Å². The number of nitrogens with zero attached hydrogens (tertiary/aromatic N) is 1. The number of nitrogens with one attached hydrogen (secondary N) is 2. The fourth-order valence-electron chi connectivity index (χ4n) is 3.08. The molecule has 1 aliphatic rings. The van der Waals surface area contributed by atoms with Crippen LogP contribution in [0.3, 0.4) is 0 Å². The van der Waals surface area contributed by atoms with E-state index in [9.17, 15) is 9.18 Å². The fraction of sp³-hybridized carbons (Fsp3) is 0.316. The molecule has 0 aliphatic carbocycles. The lowest BCUT2D eigenvalue weighted by Gasteiger charge is -2.36. The lowest BCUT2D eigenvalue weighted by Crippen LogP contribution is -2.48. The van der Waals surface area contributed by atoms with Gasteiger partial charge in [-0.2, -0.15) is 0 Å². The summed E-state index contributed by atoms with van der Waals surface area (Å²) in [4.78, 5) is 14.6. The van der Waals surface area contributed by atoms with Gasteiger partial charge in [0.25, 0.3) is 0 Å². The van der Waals surface area contributed by atoms with Crippen molar-refractivity contribution in [2.45, 2.75) is 13.0 Å². The minimum absolute atomic E-state index is 0. The van der Waals surface area contributed by atoms with Crippen LogP contribution in [0.1, 0.15) is 17.2 Å². The predicted octanol–water partition coefficient (Wildman–Crippen LogP) is 3.79. The summed E-state index contributed by atoms with van der Waals surface area (Å²) in [5.74, 6) is -0.365. The highest BCUT2D eigenvalue weighted by Crippen LogP contribution is 2.24. The number of anilines is 1. The van der Waals surface area contributed by atoms with Gasteiger partial charge in [0.15, 0.2) is 0 Å². The lowest BCUT2D eigenvalue weighted by molar-refractivity contribution is -0.118. The monoisotopic (exact) mass is 397 g/mol. The molecule has 2 aromatic carbocycles. The highest BCUT2D eigenvalue weighted by Gasteiger charge is 2.25. The van der Waals surface area contributed by atoms with E-state index in [0.29, 0.717) is 11.6 Å². The largest absolute Gasteiger partial charge is 0.325 e. The molecule has 0 saturated carbocycles. The zero-order valence-corrected chi connectivity index (χ0v) is 16.0. The summed E-state index contributed by atoms with van der Waals surface area (Å²) in [5.41, 5.74) is 2.55. The molecule has 3 rings (SSSR count). The Bertz CT molecular complexity index is 772. The maximum atomic E-state index is 13.6. The molecule has 0 aromatic heterocycles. The predicted molar refractivity (Wildman–Crippen MR) is 106 cm³/mol. The smallest absolute Gasteiger partial charge is 0.238 e. The molecular formula is C19H22Cl2FN3O. The number of carbonyl (C=O) groups is 1. The van der Waals surface area contributed by atoms with Gasteiger partial charge in [-0.3, -0.25) is 9.69 Å². The summed E-state index contributed by atoms with van der Waals surface area (Å²) in [5, 5.41) is 6.82. The van der Waals surface area contributed by atoms with Crippen LogP contribution in [0, 0.1) is 12.7 Å². The van der Waals surface area contributed by atoms with Gasteiger partial charge in [-0.1, -0.05) is 29.8 Å². The van der Waals surface area contributed by atoms with Crippen molar-refractivity contribution in [3.8, 4) is 0 Å². The normalized spacial score (nSPS) is 17.4. The van der Waals surface area contributed by atoms with Gasteiger partial charge in [-0.25, -0.2) is 4.39 Å². The first-order valence-corrected chi connectivity index (χ1v) is 8.67. The van der Waals surface area contributed by atoms with Crippen LogP contribution in [0.25, 0.3) is 0 Å². The van der Waals surface area contributed by atoms with Gasteiger partial charge < -0.3 is 10.6 Å². The second-order valence-corrected chi connectivity index (χ2v) is 6.69. The molecule has 1 aliphatic heterocycles. The van der Waals surface area contributed by atoms with E-state index in [1.807, 2.05) is 19.1 Å². The zero-order chi connectivity index (χ0) is 17.8. The van der Waals surface area contributed by atoms with Crippen molar-refractivity contribution >= 4 is 35.6 Å². The molecule has 140 valence electrons. The van der Waals surface area contributed by atoms with E-state index in [-0.39, 0.29) is 36.7 Å². The Morgan fingerprint density at radius 2 is 2.15 bits per heavy atom. The summed E-state index contributed by atoms with van der Waals surface area (Å²) in [6.45, 7) is 4.38. The van der Waals surface area contributed by atoms with E-state index in [4.69, 9.17) is 11.6 Å². The van der Waals surface area contributed by atoms with Gasteiger partial charge in [0.05, 0.1) is 6.54 Å². The number of halogens is 3. The van der Waals surface area contributed by atoms with Gasteiger partial charge in [-0.15, -0.1) is 12.4 Å². The van der Waals surface area contributed by atoms with E-state index < -0.39 is 0 Å². The van der Waals surface area contributed by atoms with Gasteiger partial charge in [0.2, 0.25) is 5.91 Å². The number of hydrogen-bond donors (Lipinski definition) is 2. The summed E-state index contributed by atoms with van der Waals surface area (Å²) in [6, 6.07) is 11.9. The minimum Gasteiger partial charge on any atom is -0.325 e. The highest BCUT2D eigenvalue weighted by atomic mass is 35.5. The zero-order valence-electron chi connectivity index (χ0n) is 14.5. The maximum absolute atomic E-state index is 13.6. The van der Waals surface area contributed by atoms with Crippen molar-refractivity contribution in [1.29, 1.82) is 0 Å². The SMILES string of the molecule is Cc1ccc(Cl)cc1NC(=O)CN1CCNCC1c1cccc(F)c1.Cl. The van der Waals surface area contributed by atoms with Crippen LogP contribution in [-0.4, -0.2) is 37.0 Å². The standard InChI is InChI=1S/C19H21ClFN3O.ClH/c1-13-5-6-15(20)10-17(13)23-19(25)12-24-8-7-22-11-18(24)14-3-2-4-16(21)9-14;/h2-6,9-10,18,22H,7-8,11-12H2,1H3,(H,23,25);1H. The quantitative estimate of drug-likeness (QED) is 0.824. The summed E-state index contributed by atoms with van der Waals surface area (Å²) in [6.07, 6.45) is 0. The van der Waals surface area contributed by atoms with Gasteiger partial charge >= 0.3 is 0 Å². The van der Waals surface area contributed by atoms with Gasteiger partial charge in [0, 0.05) is 36.4 Å². The van der Waals surface area contributed by atoms with Crippen molar-refractivity contribution in [2.75, 3.05) is 31.5 Å².